The lowest BCUT2D eigenvalue weighted by Crippen LogP contribution is -2.35. The summed E-state index contributed by atoms with van der Waals surface area (Å²) in [6.07, 6.45) is 6.82. The van der Waals surface area contributed by atoms with Gasteiger partial charge in [-0.05, 0) is 19.9 Å². The number of nitrogens with zero attached hydrogens (tertiary/aromatic N) is 1. The Labute approximate surface area is 110 Å². The van der Waals surface area contributed by atoms with Gasteiger partial charge in [-0.1, -0.05) is 60.8 Å². The van der Waals surface area contributed by atoms with Crippen molar-refractivity contribution in [2.24, 2.45) is 0 Å². The van der Waals surface area contributed by atoms with Crippen molar-refractivity contribution in [3.05, 3.63) is 0 Å². The highest BCUT2D eigenvalue weighted by Gasteiger charge is 2.16. The van der Waals surface area contributed by atoms with Crippen molar-refractivity contribution < 1.29 is 5.11 Å². The van der Waals surface area contributed by atoms with Crippen LogP contribution in [0.25, 0.3) is 0 Å². The number of rotatable bonds is 3. The molecule has 1 aliphatic rings. The normalized spacial score (nSPS) is 14.6. The van der Waals surface area contributed by atoms with Crippen LogP contribution in [0.5, 0.6) is 0 Å². The molecule has 0 aromatic carbocycles. The zero-order valence-electron chi connectivity index (χ0n) is 13.4. The molecule has 0 saturated heterocycles. The summed E-state index contributed by atoms with van der Waals surface area (Å²) in [5.74, 6) is 0. The van der Waals surface area contributed by atoms with Gasteiger partial charge >= 0.3 is 0 Å². The van der Waals surface area contributed by atoms with Gasteiger partial charge in [0.2, 0.25) is 0 Å². The molecule has 0 aromatic heterocycles. The van der Waals surface area contributed by atoms with Crippen LogP contribution >= 0.6 is 0 Å². The topological polar surface area (TPSA) is 23.5 Å². The summed E-state index contributed by atoms with van der Waals surface area (Å²) in [6.45, 7) is 13.1. The summed E-state index contributed by atoms with van der Waals surface area (Å²) in [6, 6.07) is 0.746. The van der Waals surface area contributed by atoms with Crippen LogP contribution in [0.2, 0.25) is 0 Å². The van der Waals surface area contributed by atoms with Crippen LogP contribution in [0.3, 0.4) is 0 Å². The molecule has 0 amide bonds. The minimum Gasteiger partial charge on any atom is -0.395 e. The van der Waals surface area contributed by atoms with Crippen molar-refractivity contribution in [2.45, 2.75) is 79.7 Å². The third kappa shape index (κ3) is 13.9. The molecule has 0 radical (unpaired) electrons. The van der Waals surface area contributed by atoms with Gasteiger partial charge < -0.3 is 10.0 Å². The lowest BCUT2D eigenvalue weighted by Gasteiger charge is -2.30. The predicted octanol–water partition coefficient (Wildman–Crippen LogP) is 4.32. The fraction of sp³-hybridized carbons (Fsp3) is 1.00. The SMILES string of the molecule is CC.CC.CC.CN(CCO)C1CCCCC1. The monoisotopic (exact) mass is 247 g/mol. The van der Waals surface area contributed by atoms with Crippen molar-refractivity contribution in [3.8, 4) is 0 Å². The van der Waals surface area contributed by atoms with E-state index in [9.17, 15) is 0 Å². The summed E-state index contributed by atoms with van der Waals surface area (Å²) >= 11 is 0. The van der Waals surface area contributed by atoms with Gasteiger partial charge in [-0.2, -0.15) is 0 Å². The average molecular weight is 247 g/mol. The Bertz CT molecular complexity index is 101. The van der Waals surface area contributed by atoms with Gasteiger partial charge in [0.05, 0.1) is 6.61 Å². The fourth-order valence-corrected chi connectivity index (χ4v) is 1.86. The minimum absolute atomic E-state index is 0.299. The highest BCUT2D eigenvalue weighted by atomic mass is 16.3. The number of hydrogen-bond acceptors (Lipinski definition) is 2. The molecule has 1 saturated carbocycles. The molecule has 0 unspecified atom stereocenters. The molecular weight excluding hydrogens is 210 g/mol. The van der Waals surface area contributed by atoms with Crippen LogP contribution in [0.1, 0.15) is 73.6 Å². The van der Waals surface area contributed by atoms with Crippen LogP contribution < -0.4 is 0 Å². The number of aliphatic hydroxyl groups is 1. The lowest BCUT2D eigenvalue weighted by atomic mass is 9.94. The highest BCUT2D eigenvalue weighted by molar-refractivity contribution is 4.72. The van der Waals surface area contributed by atoms with Crippen LogP contribution in [0.15, 0.2) is 0 Å². The van der Waals surface area contributed by atoms with E-state index in [1.54, 1.807) is 0 Å². The minimum atomic E-state index is 0.299. The average Bonchev–Trinajstić information content (AvgIpc) is 2.46. The molecule has 0 aromatic rings. The van der Waals surface area contributed by atoms with Crippen molar-refractivity contribution >= 4 is 0 Å². The Kier molecular flexibility index (Phi) is 27.6. The predicted molar refractivity (Wildman–Crippen MR) is 80.6 cm³/mol. The van der Waals surface area contributed by atoms with Crippen LogP contribution in [0.4, 0.5) is 0 Å². The summed E-state index contributed by atoms with van der Waals surface area (Å²) in [5.41, 5.74) is 0. The lowest BCUT2D eigenvalue weighted by molar-refractivity contribution is 0.152. The molecule has 108 valence electrons. The molecule has 1 aliphatic carbocycles. The van der Waals surface area contributed by atoms with Crippen molar-refractivity contribution in [3.63, 3.8) is 0 Å². The maximum atomic E-state index is 8.73. The van der Waals surface area contributed by atoms with E-state index in [1.807, 2.05) is 41.5 Å². The van der Waals surface area contributed by atoms with E-state index >= 15 is 0 Å². The molecule has 1 N–H and O–H groups in total. The van der Waals surface area contributed by atoms with E-state index in [1.165, 1.54) is 32.1 Å². The van der Waals surface area contributed by atoms with Crippen LogP contribution in [-0.2, 0) is 0 Å². The number of aliphatic hydroxyl groups excluding tert-OH is 1. The molecule has 2 nitrogen and oxygen atoms in total. The molecule has 0 heterocycles. The second-order valence-corrected chi connectivity index (χ2v) is 3.50. The van der Waals surface area contributed by atoms with E-state index in [2.05, 4.69) is 11.9 Å². The standard InChI is InChI=1S/C9H19NO.3C2H6/c1-10(7-8-11)9-5-3-2-4-6-9;3*1-2/h9,11H,2-8H2,1H3;3*1-2H3. The maximum Gasteiger partial charge on any atom is 0.0558 e. The number of hydrogen-bond donors (Lipinski definition) is 1. The first kappa shape index (κ1) is 22.1. The van der Waals surface area contributed by atoms with E-state index in [-0.39, 0.29) is 0 Å². The van der Waals surface area contributed by atoms with Crippen molar-refractivity contribution in [1.82, 2.24) is 4.90 Å². The second kappa shape index (κ2) is 21.2. The van der Waals surface area contributed by atoms with E-state index in [4.69, 9.17) is 5.11 Å². The molecule has 2 heteroatoms. The van der Waals surface area contributed by atoms with Gasteiger partial charge in [0.1, 0.15) is 0 Å². The molecule has 0 spiro atoms. The zero-order chi connectivity index (χ0) is 14.1. The summed E-state index contributed by atoms with van der Waals surface area (Å²) in [4.78, 5) is 2.29. The smallest absolute Gasteiger partial charge is 0.0558 e. The molecule has 1 rings (SSSR count). The molecule has 0 aliphatic heterocycles. The Morgan fingerprint density at radius 2 is 1.29 bits per heavy atom. The third-order valence-electron chi connectivity index (χ3n) is 2.65. The largest absolute Gasteiger partial charge is 0.395 e. The summed E-state index contributed by atoms with van der Waals surface area (Å²) < 4.78 is 0. The molecule has 0 bridgehead atoms. The van der Waals surface area contributed by atoms with Crippen molar-refractivity contribution in [2.75, 3.05) is 20.2 Å². The molecular formula is C15H37NO. The van der Waals surface area contributed by atoms with Crippen molar-refractivity contribution in [1.29, 1.82) is 0 Å². The van der Waals surface area contributed by atoms with Gasteiger partial charge in [0, 0.05) is 12.6 Å². The first-order chi connectivity index (χ1) is 8.34. The molecule has 0 atom stereocenters. The summed E-state index contributed by atoms with van der Waals surface area (Å²) in [5, 5.41) is 8.73. The second-order valence-electron chi connectivity index (χ2n) is 3.50. The van der Waals surface area contributed by atoms with Gasteiger partial charge in [-0.3, -0.25) is 0 Å². The zero-order valence-corrected chi connectivity index (χ0v) is 13.4. The van der Waals surface area contributed by atoms with Gasteiger partial charge in [0.15, 0.2) is 0 Å². The molecule has 17 heavy (non-hydrogen) atoms. The van der Waals surface area contributed by atoms with E-state index in [0.717, 1.165) is 12.6 Å². The molecule has 1 fully saturated rings. The van der Waals surface area contributed by atoms with E-state index < -0.39 is 0 Å². The van der Waals surface area contributed by atoms with Gasteiger partial charge in [-0.25, -0.2) is 0 Å². The Hall–Kier alpha value is -0.0800. The maximum absolute atomic E-state index is 8.73. The first-order valence-corrected chi connectivity index (χ1v) is 7.65. The first-order valence-electron chi connectivity index (χ1n) is 7.65. The third-order valence-corrected chi connectivity index (χ3v) is 2.65. The van der Waals surface area contributed by atoms with E-state index in [0.29, 0.717) is 6.61 Å². The summed E-state index contributed by atoms with van der Waals surface area (Å²) in [7, 11) is 2.12. The quantitative estimate of drug-likeness (QED) is 0.803. The van der Waals surface area contributed by atoms with Gasteiger partial charge in [0.25, 0.3) is 0 Å². The fourth-order valence-electron chi connectivity index (χ4n) is 1.86. The van der Waals surface area contributed by atoms with Crippen LogP contribution in [-0.4, -0.2) is 36.2 Å². The Balaban J connectivity index is -0.000000285. The number of likely N-dealkylation sites (N-methyl/N-ethyl adjacent to an activating group) is 1. The Morgan fingerprint density at radius 1 is 0.882 bits per heavy atom. The Morgan fingerprint density at radius 3 is 1.65 bits per heavy atom. The highest BCUT2D eigenvalue weighted by Crippen LogP contribution is 2.20. The van der Waals surface area contributed by atoms with Crippen LogP contribution in [0, 0.1) is 0 Å². The van der Waals surface area contributed by atoms with Gasteiger partial charge in [-0.15, -0.1) is 0 Å².